The summed E-state index contributed by atoms with van der Waals surface area (Å²) in [5, 5.41) is 3.58. The van der Waals surface area contributed by atoms with E-state index >= 15 is 0 Å². The van der Waals surface area contributed by atoms with Crippen molar-refractivity contribution >= 4 is 29.9 Å². The van der Waals surface area contributed by atoms with Crippen molar-refractivity contribution in [3.8, 4) is 0 Å². The summed E-state index contributed by atoms with van der Waals surface area (Å²) in [4.78, 5) is 60.5. The number of esters is 3. The largest absolute Gasteiger partial charge is 0.471 e. The highest BCUT2D eigenvalue weighted by Gasteiger charge is 2.42. The van der Waals surface area contributed by atoms with Crippen molar-refractivity contribution in [1.29, 1.82) is 0 Å². The molecule has 0 saturated heterocycles. The molecule has 0 radical (unpaired) electrons. The zero-order chi connectivity index (χ0) is 29.7. The van der Waals surface area contributed by atoms with Crippen molar-refractivity contribution in [3.05, 3.63) is 71.8 Å². The van der Waals surface area contributed by atoms with Gasteiger partial charge in [-0.05, 0) is 18.1 Å². The van der Waals surface area contributed by atoms with E-state index in [1.165, 1.54) is 12.2 Å². The molecule has 11 nitrogen and oxygen atoms in total. The number of alkyl halides is 3. The van der Waals surface area contributed by atoms with E-state index in [0.29, 0.717) is 11.1 Å². The number of amides is 2. The van der Waals surface area contributed by atoms with Gasteiger partial charge in [0.1, 0.15) is 25.9 Å². The third-order valence-electron chi connectivity index (χ3n) is 5.02. The maximum atomic E-state index is 12.8. The van der Waals surface area contributed by atoms with Gasteiger partial charge in [0.2, 0.25) is 0 Å². The maximum Gasteiger partial charge on any atom is 0.471 e. The first kappa shape index (κ1) is 31.6. The number of hydrogen-bond acceptors (Lipinski definition) is 9. The SMILES string of the molecule is CC(=O)O[C@H](C)[C@H](NC(=O)OCc1ccccc1)C(=O)OC[C@H](NC(=O)C(F)(F)F)C(=O)OCc1ccccc1. The van der Waals surface area contributed by atoms with Crippen molar-refractivity contribution in [2.45, 2.75) is 51.4 Å². The molecule has 0 heterocycles. The van der Waals surface area contributed by atoms with Gasteiger partial charge in [0.25, 0.3) is 0 Å². The lowest BCUT2D eigenvalue weighted by Gasteiger charge is -2.24. The molecule has 14 heteroatoms. The summed E-state index contributed by atoms with van der Waals surface area (Å²) in [6, 6.07) is 12.9. The average Bonchev–Trinajstić information content (AvgIpc) is 2.91. The number of carbonyl (C=O) groups excluding carboxylic acids is 5. The third-order valence-corrected chi connectivity index (χ3v) is 5.02. The fourth-order valence-electron chi connectivity index (χ4n) is 3.08. The maximum absolute atomic E-state index is 12.8. The molecule has 2 N–H and O–H groups in total. The summed E-state index contributed by atoms with van der Waals surface area (Å²) in [5.41, 5.74) is 1.13. The molecule has 2 aromatic carbocycles. The van der Waals surface area contributed by atoms with Gasteiger partial charge in [0.05, 0.1) is 0 Å². The molecular weight excluding hydrogens is 541 g/mol. The van der Waals surface area contributed by atoms with Crippen LogP contribution in [0.4, 0.5) is 18.0 Å². The Morgan fingerprint density at radius 1 is 0.775 bits per heavy atom. The molecule has 0 aromatic heterocycles. The molecule has 0 aliphatic carbocycles. The number of carbonyl (C=O) groups is 5. The van der Waals surface area contributed by atoms with Gasteiger partial charge in [-0.15, -0.1) is 0 Å². The summed E-state index contributed by atoms with van der Waals surface area (Å²) >= 11 is 0. The van der Waals surface area contributed by atoms with E-state index in [2.05, 4.69) is 5.32 Å². The monoisotopic (exact) mass is 568 g/mol. The molecule has 0 unspecified atom stereocenters. The fraction of sp³-hybridized carbons (Fsp3) is 0.346. The van der Waals surface area contributed by atoms with Crippen molar-refractivity contribution in [2.24, 2.45) is 0 Å². The van der Waals surface area contributed by atoms with Crippen LogP contribution in [-0.4, -0.2) is 60.9 Å². The molecule has 0 saturated carbocycles. The van der Waals surface area contributed by atoms with Gasteiger partial charge in [0, 0.05) is 6.92 Å². The highest BCUT2D eigenvalue weighted by Crippen LogP contribution is 2.15. The first-order valence-corrected chi connectivity index (χ1v) is 11.8. The highest BCUT2D eigenvalue weighted by atomic mass is 19.4. The Balaban J connectivity index is 2.10. The van der Waals surface area contributed by atoms with E-state index in [0.717, 1.165) is 6.92 Å². The van der Waals surface area contributed by atoms with E-state index in [-0.39, 0.29) is 13.2 Å². The van der Waals surface area contributed by atoms with Crippen LogP contribution in [0.25, 0.3) is 0 Å². The number of hydrogen-bond donors (Lipinski definition) is 2. The first-order chi connectivity index (χ1) is 18.9. The van der Waals surface area contributed by atoms with Gasteiger partial charge in [-0.2, -0.15) is 13.2 Å². The quantitative estimate of drug-likeness (QED) is 0.291. The van der Waals surface area contributed by atoms with Gasteiger partial charge in [0.15, 0.2) is 12.1 Å². The van der Waals surface area contributed by atoms with Gasteiger partial charge >= 0.3 is 36.1 Å². The van der Waals surface area contributed by atoms with Crippen molar-refractivity contribution in [3.63, 3.8) is 0 Å². The Labute approximate surface area is 226 Å². The number of rotatable bonds is 12. The van der Waals surface area contributed by atoms with Gasteiger partial charge in [-0.1, -0.05) is 60.7 Å². The second-order valence-corrected chi connectivity index (χ2v) is 8.25. The zero-order valence-corrected chi connectivity index (χ0v) is 21.4. The van der Waals surface area contributed by atoms with Crippen LogP contribution in [0, 0.1) is 0 Å². The van der Waals surface area contributed by atoms with Crippen LogP contribution in [0.2, 0.25) is 0 Å². The normalized spacial score (nSPS) is 13.1. The summed E-state index contributed by atoms with van der Waals surface area (Å²) in [6.45, 7) is 0.667. The minimum atomic E-state index is -5.35. The lowest BCUT2D eigenvalue weighted by Crippen LogP contribution is -2.53. The fourth-order valence-corrected chi connectivity index (χ4v) is 3.08. The Kier molecular flexibility index (Phi) is 11.9. The van der Waals surface area contributed by atoms with Gasteiger partial charge in [-0.3, -0.25) is 9.59 Å². The Morgan fingerprint density at radius 3 is 1.80 bits per heavy atom. The topological polar surface area (TPSA) is 146 Å². The molecule has 0 aliphatic heterocycles. The van der Waals surface area contributed by atoms with E-state index in [1.54, 1.807) is 60.7 Å². The molecule has 2 aromatic rings. The number of benzene rings is 2. The molecule has 2 rings (SSSR count). The van der Waals surface area contributed by atoms with Crippen molar-refractivity contribution < 1.29 is 56.1 Å². The van der Waals surface area contributed by atoms with Crippen molar-refractivity contribution in [2.75, 3.05) is 6.61 Å². The van der Waals surface area contributed by atoms with Crippen LogP contribution < -0.4 is 10.6 Å². The molecule has 0 spiro atoms. The number of halogens is 3. The minimum Gasteiger partial charge on any atom is -0.461 e. The molecular formula is C26H27F3N2O9. The van der Waals surface area contributed by atoms with E-state index < -0.39 is 60.9 Å². The van der Waals surface area contributed by atoms with Gasteiger partial charge < -0.3 is 29.6 Å². The highest BCUT2D eigenvalue weighted by molar-refractivity contribution is 5.88. The van der Waals surface area contributed by atoms with E-state index in [4.69, 9.17) is 18.9 Å². The summed E-state index contributed by atoms with van der Waals surface area (Å²) in [5.74, 6) is -5.91. The van der Waals surface area contributed by atoms with Gasteiger partial charge in [-0.25, -0.2) is 14.4 Å². The lowest BCUT2D eigenvalue weighted by atomic mass is 10.2. The smallest absolute Gasteiger partial charge is 0.461 e. The van der Waals surface area contributed by atoms with E-state index in [1.807, 2.05) is 0 Å². The lowest BCUT2D eigenvalue weighted by molar-refractivity contribution is -0.177. The van der Waals surface area contributed by atoms with Crippen LogP contribution >= 0.6 is 0 Å². The summed E-state index contributed by atoms with van der Waals surface area (Å²) in [7, 11) is 0. The third kappa shape index (κ3) is 11.0. The zero-order valence-electron chi connectivity index (χ0n) is 21.4. The molecule has 216 valence electrons. The summed E-state index contributed by atoms with van der Waals surface area (Å²) < 4.78 is 58.4. The molecule has 3 atom stereocenters. The molecule has 2 amide bonds. The van der Waals surface area contributed by atoms with E-state index in [9.17, 15) is 37.1 Å². The van der Waals surface area contributed by atoms with Crippen LogP contribution in [0.5, 0.6) is 0 Å². The molecule has 40 heavy (non-hydrogen) atoms. The minimum absolute atomic E-state index is 0.171. The van der Waals surface area contributed by atoms with Crippen LogP contribution in [-0.2, 0) is 51.3 Å². The molecule has 0 bridgehead atoms. The molecule has 0 fully saturated rings. The molecule has 0 aliphatic rings. The Hall–Kier alpha value is -4.62. The van der Waals surface area contributed by atoms with Crippen LogP contribution in [0.3, 0.4) is 0 Å². The Bertz CT molecular complexity index is 1160. The second kappa shape index (κ2) is 15.1. The second-order valence-electron chi connectivity index (χ2n) is 8.25. The number of alkyl carbamates (subject to hydrolysis) is 1. The summed E-state index contributed by atoms with van der Waals surface area (Å²) in [6.07, 6.45) is -7.77. The first-order valence-electron chi connectivity index (χ1n) is 11.8. The standard InChI is InChI=1S/C26H27F3N2O9/c1-16(40-17(2)32)21(31-25(36)39-14-19-11-7-4-8-12-19)23(34)38-15-20(30-24(35)26(27,28)29)22(33)37-13-18-9-5-3-6-10-18/h3-12,16,20-21H,13-15H2,1-2H3,(H,30,35)(H,31,36)/t16-,20+,21+/m1/s1. The van der Waals surface area contributed by atoms with Crippen molar-refractivity contribution in [1.82, 2.24) is 10.6 Å². The predicted molar refractivity (Wildman–Crippen MR) is 130 cm³/mol. The van der Waals surface area contributed by atoms with Crippen LogP contribution in [0.1, 0.15) is 25.0 Å². The number of ether oxygens (including phenoxy) is 4. The predicted octanol–water partition coefficient (Wildman–Crippen LogP) is 2.57. The number of nitrogens with one attached hydrogen (secondary N) is 2. The van der Waals surface area contributed by atoms with Crippen LogP contribution in [0.15, 0.2) is 60.7 Å². The Morgan fingerprint density at radius 2 is 1.30 bits per heavy atom. The average molecular weight is 569 g/mol.